The van der Waals surface area contributed by atoms with E-state index in [2.05, 4.69) is 10.4 Å². The lowest BCUT2D eigenvalue weighted by Crippen LogP contribution is -2.35. The fraction of sp³-hybridized carbons (Fsp3) is 0.786. The Balaban J connectivity index is 1.92. The van der Waals surface area contributed by atoms with Crippen LogP contribution >= 0.6 is 0 Å². The van der Waals surface area contributed by atoms with Gasteiger partial charge in [-0.05, 0) is 33.1 Å². The van der Waals surface area contributed by atoms with Crippen molar-refractivity contribution < 1.29 is 9.47 Å². The number of aromatic nitrogens is 2. The Labute approximate surface area is 115 Å². The van der Waals surface area contributed by atoms with Gasteiger partial charge in [-0.15, -0.1) is 0 Å². The second kappa shape index (κ2) is 7.03. The van der Waals surface area contributed by atoms with Gasteiger partial charge in [-0.25, -0.2) is 0 Å². The van der Waals surface area contributed by atoms with Gasteiger partial charge in [0, 0.05) is 44.1 Å². The van der Waals surface area contributed by atoms with Crippen LogP contribution in [0.25, 0.3) is 0 Å². The van der Waals surface area contributed by atoms with Gasteiger partial charge in [0.05, 0.1) is 6.20 Å². The van der Waals surface area contributed by atoms with Gasteiger partial charge in [-0.2, -0.15) is 5.10 Å². The van der Waals surface area contributed by atoms with Crippen molar-refractivity contribution in [1.29, 1.82) is 0 Å². The molecule has 1 aromatic rings. The van der Waals surface area contributed by atoms with Crippen LogP contribution in [0.15, 0.2) is 6.20 Å². The van der Waals surface area contributed by atoms with Crippen molar-refractivity contribution >= 4 is 0 Å². The number of aryl methyl sites for hydroxylation is 1. The van der Waals surface area contributed by atoms with Crippen molar-refractivity contribution in [3.63, 3.8) is 0 Å². The Morgan fingerprint density at radius 2 is 2.16 bits per heavy atom. The molecule has 1 aliphatic carbocycles. The molecule has 0 saturated carbocycles. The zero-order valence-corrected chi connectivity index (χ0v) is 12.2. The molecule has 5 heteroatoms. The van der Waals surface area contributed by atoms with E-state index in [9.17, 15) is 0 Å². The van der Waals surface area contributed by atoms with Gasteiger partial charge in [0.2, 0.25) is 0 Å². The first kappa shape index (κ1) is 14.5. The second-order valence-electron chi connectivity index (χ2n) is 4.86. The van der Waals surface area contributed by atoms with Gasteiger partial charge in [-0.3, -0.25) is 4.68 Å². The molecule has 19 heavy (non-hydrogen) atoms. The van der Waals surface area contributed by atoms with Gasteiger partial charge >= 0.3 is 0 Å². The van der Waals surface area contributed by atoms with E-state index in [4.69, 9.17) is 9.47 Å². The summed E-state index contributed by atoms with van der Waals surface area (Å²) >= 11 is 0. The third-order valence-corrected chi connectivity index (χ3v) is 3.61. The Morgan fingerprint density at radius 3 is 2.84 bits per heavy atom. The first-order valence-corrected chi connectivity index (χ1v) is 7.23. The number of fused-ring (bicyclic) bond motifs is 1. The molecule has 1 aromatic heterocycles. The fourth-order valence-corrected chi connectivity index (χ4v) is 2.69. The van der Waals surface area contributed by atoms with Gasteiger partial charge in [-0.1, -0.05) is 0 Å². The molecule has 1 aliphatic rings. The zero-order chi connectivity index (χ0) is 13.7. The standard InChI is InChI=1S/C14H25N3O2/c1-4-18-14(19-5-2)10-15-12-7-6-8-13-11(12)9-16-17(13)3/h9,12,14-15H,4-8,10H2,1-3H3. The molecular formula is C14H25N3O2. The number of rotatable bonds is 7. The molecule has 2 rings (SSSR count). The van der Waals surface area contributed by atoms with E-state index in [0.717, 1.165) is 19.4 Å². The topological polar surface area (TPSA) is 48.3 Å². The minimum Gasteiger partial charge on any atom is -0.352 e. The molecule has 0 radical (unpaired) electrons. The quantitative estimate of drug-likeness (QED) is 0.765. The molecule has 1 unspecified atom stereocenters. The second-order valence-corrected chi connectivity index (χ2v) is 4.86. The van der Waals surface area contributed by atoms with Crippen LogP contribution in [-0.4, -0.2) is 35.8 Å². The molecule has 1 heterocycles. The average molecular weight is 267 g/mol. The highest BCUT2D eigenvalue weighted by molar-refractivity contribution is 5.24. The van der Waals surface area contributed by atoms with E-state index < -0.39 is 0 Å². The molecule has 0 fully saturated rings. The summed E-state index contributed by atoms with van der Waals surface area (Å²) in [5, 5.41) is 7.92. The van der Waals surface area contributed by atoms with E-state index in [0.29, 0.717) is 19.3 Å². The Kier molecular flexibility index (Phi) is 5.36. The van der Waals surface area contributed by atoms with Crippen molar-refractivity contribution in [2.75, 3.05) is 19.8 Å². The molecule has 1 atom stereocenters. The summed E-state index contributed by atoms with van der Waals surface area (Å²) in [7, 11) is 2.02. The predicted octanol–water partition coefficient (Wildman–Crippen LogP) is 1.79. The van der Waals surface area contributed by atoms with Gasteiger partial charge < -0.3 is 14.8 Å². The largest absolute Gasteiger partial charge is 0.352 e. The van der Waals surface area contributed by atoms with Crippen LogP contribution in [0.5, 0.6) is 0 Å². The number of nitrogens with one attached hydrogen (secondary N) is 1. The summed E-state index contributed by atoms with van der Waals surface area (Å²) in [6, 6.07) is 0.376. The molecule has 1 N–H and O–H groups in total. The number of hydrogen-bond acceptors (Lipinski definition) is 4. The molecule has 0 aromatic carbocycles. The van der Waals surface area contributed by atoms with Gasteiger partial charge in [0.15, 0.2) is 6.29 Å². The number of nitrogens with zero attached hydrogens (tertiary/aromatic N) is 2. The number of hydrogen-bond donors (Lipinski definition) is 1. The van der Waals surface area contributed by atoms with E-state index in [-0.39, 0.29) is 6.29 Å². The molecule has 0 saturated heterocycles. The van der Waals surface area contributed by atoms with Crippen LogP contribution < -0.4 is 5.32 Å². The Bertz CT molecular complexity index is 386. The SMILES string of the molecule is CCOC(CNC1CCCc2c1cnn2C)OCC. The summed E-state index contributed by atoms with van der Waals surface area (Å²) < 4.78 is 13.1. The summed E-state index contributed by atoms with van der Waals surface area (Å²) in [5.41, 5.74) is 2.69. The summed E-state index contributed by atoms with van der Waals surface area (Å²) in [6.07, 6.45) is 5.33. The lowest BCUT2D eigenvalue weighted by molar-refractivity contribution is -0.134. The van der Waals surface area contributed by atoms with E-state index >= 15 is 0 Å². The monoisotopic (exact) mass is 267 g/mol. The van der Waals surface area contributed by atoms with Crippen molar-refractivity contribution in [2.24, 2.45) is 7.05 Å². The van der Waals surface area contributed by atoms with E-state index in [1.54, 1.807) is 0 Å². The smallest absolute Gasteiger partial charge is 0.169 e. The van der Waals surface area contributed by atoms with Crippen molar-refractivity contribution in [1.82, 2.24) is 15.1 Å². The maximum Gasteiger partial charge on any atom is 0.169 e. The van der Waals surface area contributed by atoms with Crippen molar-refractivity contribution in [3.05, 3.63) is 17.5 Å². The van der Waals surface area contributed by atoms with Crippen LogP contribution in [-0.2, 0) is 22.9 Å². The minimum atomic E-state index is -0.156. The molecule has 5 nitrogen and oxygen atoms in total. The van der Waals surface area contributed by atoms with Crippen LogP contribution in [0.3, 0.4) is 0 Å². The van der Waals surface area contributed by atoms with Crippen LogP contribution in [0, 0.1) is 0 Å². The Morgan fingerprint density at radius 1 is 1.42 bits per heavy atom. The van der Waals surface area contributed by atoms with E-state index in [1.165, 1.54) is 17.7 Å². The summed E-state index contributed by atoms with van der Waals surface area (Å²) in [4.78, 5) is 0. The Hall–Kier alpha value is -0.910. The van der Waals surface area contributed by atoms with Gasteiger partial charge in [0.1, 0.15) is 0 Å². The normalized spacial score (nSPS) is 18.8. The zero-order valence-electron chi connectivity index (χ0n) is 12.2. The first-order chi connectivity index (χ1) is 9.26. The summed E-state index contributed by atoms with van der Waals surface area (Å²) in [5.74, 6) is 0. The minimum absolute atomic E-state index is 0.156. The first-order valence-electron chi connectivity index (χ1n) is 7.23. The third kappa shape index (κ3) is 3.55. The molecule has 0 bridgehead atoms. The van der Waals surface area contributed by atoms with Crippen LogP contribution in [0.4, 0.5) is 0 Å². The van der Waals surface area contributed by atoms with Crippen LogP contribution in [0.1, 0.15) is 44.0 Å². The highest BCUT2D eigenvalue weighted by Crippen LogP contribution is 2.28. The van der Waals surface area contributed by atoms with Gasteiger partial charge in [0.25, 0.3) is 0 Å². The fourth-order valence-electron chi connectivity index (χ4n) is 2.69. The maximum atomic E-state index is 5.56. The molecular weight excluding hydrogens is 242 g/mol. The third-order valence-electron chi connectivity index (χ3n) is 3.61. The maximum absolute atomic E-state index is 5.56. The molecule has 0 amide bonds. The number of ether oxygens (including phenoxy) is 2. The van der Waals surface area contributed by atoms with E-state index in [1.807, 2.05) is 31.8 Å². The van der Waals surface area contributed by atoms with Crippen molar-refractivity contribution in [3.8, 4) is 0 Å². The lowest BCUT2D eigenvalue weighted by Gasteiger charge is -2.26. The van der Waals surface area contributed by atoms with Crippen molar-refractivity contribution in [2.45, 2.75) is 45.4 Å². The summed E-state index contributed by atoms with van der Waals surface area (Å²) in [6.45, 7) is 6.06. The highest BCUT2D eigenvalue weighted by atomic mass is 16.7. The highest BCUT2D eigenvalue weighted by Gasteiger charge is 2.23. The lowest BCUT2D eigenvalue weighted by atomic mass is 9.93. The van der Waals surface area contributed by atoms with Crippen LogP contribution in [0.2, 0.25) is 0 Å². The molecule has 0 spiro atoms. The molecule has 108 valence electrons. The predicted molar refractivity (Wildman–Crippen MR) is 73.9 cm³/mol. The molecule has 0 aliphatic heterocycles. The average Bonchev–Trinajstić information content (AvgIpc) is 2.79.